The maximum atomic E-state index is 12.4. The van der Waals surface area contributed by atoms with Crippen LogP contribution in [0.4, 0.5) is 0 Å². The number of ether oxygens (including phenoxy) is 1. The van der Waals surface area contributed by atoms with Crippen LogP contribution in [-0.2, 0) is 16.1 Å². The first-order valence-corrected chi connectivity index (χ1v) is 8.33. The lowest BCUT2D eigenvalue weighted by atomic mass is 9.99. The number of fused-ring (bicyclic) bond motifs is 2. The van der Waals surface area contributed by atoms with Crippen molar-refractivity contribution in [3.63, 3.8) is 0 Å². The highest BCUT2D eigenvalue weighted by molar-refractivity contribution is 5.79. The summed E-state index contributed by atoms with van der Waals surface area (Å²) in [6.45, 7) is 3.42. The van der Waals surface area contributed by atoms with Crippen molar-refractivity contribution < 1.29 is 9.53 Å². The van der Waals surface area contributed by atoms with Crippen molar-refractivity contribution in [3.05, 3.63) is 30.1 Å². The fourth-order valence-corrected chi connectivity index (χ4v) is 3.56. The third-order valence-electron chi connectivity index (χ3n) is 4.94. The second-order valence-corrected chi connectivity index (χ2v) is 6.84. The molecule has 3 heterocycles. The molecule has 3 atom stereocenters. The van der Waals surface area contributed by atoms with Gasteiger partial charge in [-0.05, 0) is 37.3 Å². The van der Waals surface area contributed by atoms with Crippen molar-refractivity contribution in [1.82, 2.24) is 15.2 Å². The van der Waals surface area contributed by atoms with Crippen LogP contribution in [0.2, 0.25) is 0 Å². The summed E-state index contributed by atoms with van der Waals surface area (Å²) in [5, 5.41) is 3.11. The predicted molar refractivity (Wildman–Crippen MR) is 82.0 cm³/mol. The average molecular weight is 301 g/mol. The first-order chi connectivity index (χ1) is 10.8. The molecule has 118 valence electrons. The Bertz CT molecular complexity index is 532. The van der Waals surface area contributed by atoms with E-state index in [0.717, 1.165) is 44.2 Å². The van der Waals surface area contributed by atoms with E-state index in [1.165, 1.54) is 12.8 Å². The summed E-state index contributed by atoms with van der Waals surface area (Å²) in [7, 11) is 0. The Kier molecular flexibility index (Phi) is 3.84. The molecule has 2 aliphatic heterocycles. The van der Waals surface area contributed by atoms with E-state index in [9.17, 15) is 4.79 Å². The van der Waals surface area contributed by atoms with Gasteiger partial charge in [0.1, 0.15) is 0 Å². The smallest absolute Gasteiger partial charge is 0.225 e. The molecule has 3 fully saturated rings. The predicted octanol–water partition coefficient (Wildman–Crippen LogP) is 1.20. The summed E-state index contributed by atoms with van der Waals surface area (Å²) >= 11 is 0. The van der Waals surface area contributed by atoms with Crippen LogP contribution in [0.3, 0.4) is 0 Å². The summed E-state index contributed by atoms with van der Waals surface area (Å²) in [5.41, 5.74) is 1.08. The van der Waals surface area contributed by atoms with E-state index in [-0.39, 0.29) is 24.0 Å². The van der Waals surface area contributed by atoms with Crippen LogP contribution in [0.1, 0.15) is 25.0 Å². The average Bonchev–Trinajstić information content (AvgIpc) is 3.30. The van der Waals surface area contributed by atoms with Crippen LogP contribution in [0.5, 0.6) is 0 Å². The second-order valence-electron chi connectivity index (χ2n) is 6.84. The molecule has 1 N–H and O–H groups in total. The zero-order chi connectivity index (χ0) is 14.9. The molecule has 5 heteroatoms. The third kappa shape index (κ3) is 3.15. The van der Waals surface area contributed by atoms with Crippen LogP contribution >= 0.6 is 0 Å². The summed E-state index contributed by atoms with van der Waals surface area (Å²) in [4.78, 5) is 19.1. The first-order valence-electron chi connectivity index (χ1n) is 8.33. The molecular formula is C17H23N3O2. The Morgan fingerprint density at radius 3 is 3.05 bits per heavy atom. The van der Waals surface area contributed by atoms with Gasteiger partial charge in [-0.15, -0.1) is 0 Å². The number of hydrogen-bond acceptors (Lipinski definition) is 4. The molecule has 1 aromatic heterocycles. The van der Waals surface area contributed by atoms with E-state index in [4.69, 9.17) is 4.74 Å². The molecular weight excluding hydrogens is 278 g/mol. The monoisotopic (exact) mass is 301 g/mol. The molecule has 0 aromatic carbocycles. The van der Waals surface area contributed by atoms with E-state index in [1.54, 1.807) is 0 Å². The highest BCUT2D eigenvalue weighted by Gasteiger charge is 2.44. The molecule has 2 bridgehead atoms. The SMILES string of the molecule is O=C(NCC1CC1)[C@H]1C[C@H]2CN(Cc3ccccn3)C[C@H]1O2. The van der Waals surface area contributed by atoms with Crippen molar-refractivity contribution >= 4 is 5.91 Å². The number of hydrogen-bond donors (Lipinski definition) is 1. The summed E-state index contributed by atoms with van der Waals surface area (Å²) < 4.78 is 6.00. The Balaban J connectivity index is 1.34. The number of nitrogens with zero attached hydrogens (tertiary/aromatic N) is 2. The molecule has 1 aliphatic carbocycles. The van der Waals surface area contributed by atoms with E-state index in [2.05, 4.69) is 21.3 Å². The number of carbonyl (C=O) groups excluding carboxylic acids is 1. The normalized spacial score (nSPS) is 31.2. The van der Waals surface area contributed by atoms with Crippen molar-refractivity contribution in [2.24, 2.45) is 11.8 Å². The van der Waals surface area contributed by atoms with Crippen molar-refractivity contribution in [2.45, 2.75) is 38.0 Å². The quantitative estimate of drug-likeness (QED) is 0.888. The fourth-order valence-electron chi connectivity index (χ4n) is 3.56. The molecule has 1 amide bonds. The Hall–Kier alpha value is -1.46. The van der Waals surface area contributed by atoms with E-state index < -0.39 is 0 Å². The number of likely N-dealkylation sites (tertiary alicyclic amines) is 1. The van der Waals surface area contributed by atoms with Crippen molar-refractivity contribution in [3.8, 4) is 0 Å². The highest BCUT2D eigenvalue weighted by Crippen LogP contribution is 2.33. The van der Waals surface area contributed by atoms with Crippen LogP contribution in [0.15, 0.2) is 24.4 Å². The van der Waals surface area contributed by atoms with Gasteiger partial charge in [0.2, 0.25) is 5.91 Å². The molecule has 22 heavy (non-hydrogen) atoms. The molecule has 4 rings (SSSR count). The second kappa shape index (κ2) is 5.97. The number of amides is 1. The fraction of sp³-hybridized carbons (Fsp3) is 0.647. The van der Waals surface area contributed by atoms with E-state index >= 15 is 0 Å². The minimum atomic E-state index is 0.0254. The van der Waals surface area contributed by atoms with Gasteiger partial charge in [-0.25, -0.2) is 0 Å². The molecule has 5 nitrogen and oxygen atoms in total. The Morgan fingerprint density at radius 1 is 1.36 bits per heavy atom. The summed E-state index contributed by atoms with van der Waals surface area (Å²) in [6.07, 6.45) is 5.47. The zero-order valence-electron chi connectivity index (χ0n) is 12.8. The third-order valence-corrected chi connectivity index (χ3v) is 4.94. The number of carbonyl (C=O) groups is 1. The number of nitrogens with one attached hydrogen (secondary N) is 1. The molecule has 3 aliphatic rings. The number of pyridine rings is 1. The highest BCUT2D eigenvalue weighted by atomic mass is 16.5. The summed E-state index contributed by atoms with van der Waals surface area (Å²) in [6, 6.07) is 6.01. The van der Waals surface area contributed by atoms with Gasteiger partial charge in [0, 0.05) is 32.4 Å². The van der Waals surface area contributed by atoms with Crippen molar-refractivity contribution in [2.75, 3.05) is 19.6 Å². The molecule has 2 saturated heterocycles. The topological polar surface area (TPSA) is 54.5 Å². The number of rotatable bonds is 5. The Labute approximate surface area is 131 Å². The standard InChI is InChI=1S/C17H23N3O2/c21-17(19-8-12-4-5-12)15-7-14-10-20(11-16(15)22-14)9-13-3-1-2-6-18-13/h1-3,6,12,14-16H,4-5,7-11H2,(H,19,21)/t14-,15-,16+/m0/s1. The molecule has 1 saturated carbocycles. The largest absolute Gasteiger partial charge is 0.371 e. The van der Waals surface area contributed by atoms with Gasteiger partial charge in [-0.2, -0.15) is 0 Å². The van der Waals surface area contributed by atoms with Gasteiger partial charge in [0.25, 0.3) is 0 Å². The van der Waals surface area contributed by atoms with Gasteiger partial charge in [-0.1, -0.05) is 6.07 Å². The van der Waals surface area contributed by atoms with Crippen LogP contribution in [-0.4, -0.2) is 47.6 Å². The van der Waals surface area contributed by atoms with Gasteiger partial charge in [0.15, 0.2) is 0 Å². The number of aromatic nitrogens is 1. The van der Waals surface area contributed by atoms with E-state index in [1.807, 2.05) is 18.3 Å². The lowest BCUT2D eigenvalue weighted by Crippen LogP contribution is -2.45. The van der Waals surface area contributed by atoms with Gasteiger partial charge in [-0.3, -0.25) is 14.7 Å². The lowest BCUT2D eigenvalue weighted by Gasteiger charge is -2.32. The first kappa shape index (κ1) is 14.2. The van der Waals surface area contributed by atoms with Crippen LogP contribution in [0, 0.1) is 11.8 Å². The maximum absolute atomic E-state index is 12.4. The maximum Gasteiger partial charge on any atom is 0.225 e. The van der Waals surface area contributed by atoms with E-state index in [0.29, 0.717) is 0 Å². The van der Waals surface area contributed by atoms with Crippen LogP contribution < -0.4 is 5.32 Å². The zero-order valence-corrected chi connectivity index (χ0v) is 12.8. The van der Waals surface area contributed by atoms with Gasteiger partial charge < -0.3 is 10.1 Å². The lowest BCUT2D eigenvalue weighted by molar-refractivity contribution is -0.128. The molecule has 0 unspecified atom stereocenters. The van der Waals surface area contributed by atoms with Gasteiger partial charge in [0.05, 0.1) is 23.8 Å². The number of morpholine rings is 1. The van der Waals surface area contributed by atoms with Gasteiger partial charge >= 0.3 is 0 Å². The molecule has 0 radical (unpaired) electrons. The minimum absolute atomic E-state index is 0.0254. The molecule has 1 aromatic rings. The van der Waals surface area contributed by atoms with Crippen molar-refractivity contribution in [1.29, 1.82) is 0 Å². The summed E-state index contributed by atoms with van der Waals surface area (Å²) in [5.74, 6) is 0.947. The van der Waals surface area contributed by atoms with Crippen LogP contribution in [0.25, 0.3) is 0 Å². The Morgan fingerprint density at radius 2 is 2.27 bits per heavy atom. The minimum Gasteiger partial charge on any atom is -0.371 e. The molecule has 0 spiro atoms.